The number of nitrogens with zero attached hydrogens (tertiary/aromatic N) is 2. The maximum atomic E-state index is 6.25. The number of methoxy groups -OCH3 is 1. The molecule has 0 aromatic carbocycles. The van der Waals surface area contributed by atoms with Crippen molar-refractivity contribution in [3.8, 4) is 0 Å². The van der Waals surface area contributed by atoms with Crippen LogP contribution in [0, 0.1) is 0 Å². The van der Waals surface area contributed by atoms with Crippen molar-refractivity contribution >= 4 is 40.5 Å². The molecule has 3 N–H and O–H groups in total. The minimum Gasteiger partial charge on any atom is -0.396 e. The molecule has 0 saturated carbocycles. The number of nitrogen functional groups attached to an aromatic ring is 1. The number of halogens is 2. The molecule has 1 saturated heterocycles. The maximum Gasteiger partial charge on any atom is 0.152 e. The zero-order chi connectivity index (χ0) is 13.8. The van der Waals surface area contributed by atoms with Crippen LogP contribution in [0.3, 0.4) is 0 Å². The first-order valence-electron chi connectivity index (χ1n) is 6.27. The second-order valence-corrected chi connectivity index (χ2v) is 5.20. The molecule has 7 heteroatoms. The van der Waals surface area contributed by atoms with Crippen LogP contribution in [0.2, 0.25) is 10.0 Å². The van der Waals surface area contributed by atoms with Crippen LogP contribution in [-0.4, -0.2) is 38.3 Å². The van der Waals surface area contributed by atoms with E-state index < -0.39 is 0 Å². The smallest absolute Gasteiger partial charge is 0.152 e. The summed E-state index contributed by atoms with van der Waals surface area (Å²) in [5.74, 6) is 1.27. The molecule has 106 valence electrons. The molecule has 2 heterocycles. The maximum absolute atomic E-state index is 6.25. The first-order chi connectivity index (χ1) is 9.15. The van der Waals surface area contributed by atoms with Gasteiger partial charge in [-0.2, -0.15) is 0 Å². The predicted octanol–water partition coefficient (Wildman–Crippen LogP) is 2.63. The van der Waals surface area contributed by atoms with Gasteiger partial charge in [-0.05, 0) is 12.8 Å². The summed E-state index contributed by atoms with van der Waals surface area (Å²) in [6.45, 7) is 3.08. The molecule has 0 amide bonds. The number of rotatable bonds is 5. The van der Waals surface area contributed by atoms with Crippen LogP contribution < -0.4 is 16.0 Å². The van der Waals surface area contributed by atoms with Crippen molar-refractivity contribution in [1.29, 1.82) is 0 Å². The molecular weight excluding hydrogens is 287 g/mol. The molecule has 1 aromatic heterocycles. The van der Waals surface area contributed by atoms with Gasteiger partial charge in [0.05, 0.1) is 12.3 Å². The molecule has 0 unspecified atom stereocenters. The third kappa shape index (κ3) is 3.16. The third-order valence-electron chi connectivity index (χ3n) is 3.10. The molecule has 19 heavy (non-hydrogen) atoms. The SMILES string of the molecule is COCCNc1nc(N2CCCC2)c(Cl)c(N)c1Cl. The second kappa shape index (κ2) is 6.50. The van der Waals surface area contributed by atoms with E-state index in [-0.39, 0.29) is 0 Å². The highest BCUT2D eigenvalue weighted by atomic mass is 35.5. The van der Waals surface area contributed by atoms with Crippen LogP contribution >= 0.6 is 23.2 Å². The summed E-state index contributed by atoms with van der Waals surface area (Å²) < 4.78 is 4.99. The zero-order valence-electron chi connectivity index (χ0n) is 10.9. The van der Waals surface area contributed by atoms with E-state index in [2.05, 4.69) is 15.2 Å². The monoisotopic (exact) mass is 304 g/mol. The Morgan fingerprint density at radius 3 is 2.63 bits per heavy atom. The number of pyridine rings is 1. The first kappa shape index (κ1) is 14.5. The minimum atomic E-state index is 0.365. The van der Waals surface area contributed by atoms with Crippen LogP contribution in [-0.2, 0) is 4.74 Å². The second-order valence-electron chi connectivity index (χ2n) is 4.44. The van der Waals surface area contributed by atoms with Crippen LogP contribution in [0.15, 0.2) is 0 Å². The van der Waals surface area contributed by atoms with Gasteiger partial charge < -0.3 is 20.7 Å². The van der Waals surface area contributed by atoms with Crippen LogP contribution in [0.25, 0.3) is 0 Å². The molecular formula is C12H18Cl2N4O. The summed E-state index contributed by atoms with van der Waals surface area (Å²) in [5, 5.41) is 3.91. The molecule has 0 bridgehead atoms. The Balaban J connectivity index is 2.27. The number of hydrogen-bond acceptors (Lipinski definition) is 5. The molecule has 0 atom stereocenters. The lowest BCUT2D eigenvalue weighted by Gasteiger charge is -2.21. The number of ether oxygens (including phenoxy) is 1. The molecule has 0 radical (unpaired) electrons. The van der Waals surface area contributed by atoms with Crippen molar-refractivity contribution in [2.45, 2.75) is 12.8 Å². The number of aromatic nitrogens is 1. The Hall–Kier alpha value is -0.910. The summed E-state index contributed by atoms with van der Waals surface area (Å²) in [6.07, 6.45) is 2.29. The molecule has 2 rings (SSSR count). The topological polar surface area (TPSA) is 63.4 Å². The number of nitrogens with one attached hydrogen (secondary N) is 1. The van der Waals surface area contributed by atoms with Crippen LogP contribution in [0.1, 0.15) is 12.8 Å². The standard InChI is InChI=1S/C12H18Cl2N4O/c1-19-7-4-16-11-8(13)10(15)9(14)12(17-11)18-5-2-3-6-18/h2-7H2,1H3,(H3,15,16,17). The first-order valence-corrected chi connectivity index (χ1v) is 7.03. The van der Waals surface area contributed by atoms with E-state index in [4.69, 9.17) is 33.7 Å². The molecule has 0 aliphatic carbocycles. The average molecular weight is 305 g/mol. The van der Waals surface area contributed by atoms with Gasteiger partial charge in [-0.1, -0.05) is 23.2 Å². The quantitative estimate of drug-likeness (QED) is 0.819. The number of nitrogens with two attached hydrogens (primary N) is 1. The fraction of sp³-hybridized carbons (Fsp3) is 0.583. The van der Waals surface area contributed by atoms with Gasteiger partial charge in [-0.15, -0.1) is 0 Å². The minimum absolute atomic E-state index is 0.365. The highest BCUT2D eigenvalue weighted by Gasteiger charge is 2.21. The predicted molar refractivity (Wildman–Crippen MR) is 80.5 cm³/mol. The van der Waals surface area contributed by atoms with E-state index in [1.807, 2.05) is 0 Å². The van der Waals surface area contributed by atoms with E-state index in [0.29, 0.717) is 40.5 Å². The fourth-order valence-corrected chi connectivity index (χ4v) is 2.58. The van der Waals surface area contributed by atoms with Gasteiger partial charge in [0.25, 0.3) is 0 Å². The van der Waals surface area contributed by atoms with Crippen LogP contribution in [0.4, 0.5) is 17.3 Å². The third-order valence-corrected chi connectivity index (χ3v) is 3.85. The molecule has 1 aliphatic heterocycles. The van der Waals surface area contributed by atoms with Crippen LogP contribution in [0.5, 0.6) is 0 Å². The number of hydrogen-bond donors (Lipinski definition) is 2. The Labute approximate surface area is 123 Å². The normalized spacial score (nSPS) is 15.0. The highest BCUT2D eigenvalue weighted by molar-refractivity contribution is 6.41. The van der Waals surface area contributed by atoms with Gasteiger partial charge in [0.15, 0.2) is 5.82 Å². The molecule has 1 aromatic rings. The Morgan fingerprint density at radius 2 is 2.00 bits per heavy atom. The van der Waals surface area contributed by atoms with E-state index in [9.17, 15) is 0 Å². The van der Waals surface area contributed by atoms with E-state index in [0.717, 1.165) is 25.9 Å². The summed E-state index contributed by atoms with van der Waals surface area (Å²) >= 11 is 12.4. The Morgan fingerprint density at radius 1 is 1.32 bits per heavy atom. The van der Waals surface area contributed by atoms with E-state index in [1.54, 1.807) is 7.11 Å². The zero-order valence-corrected chi connectivity index (χ0v) is 12.4. The van der Waals surface area contributed by atoms with E-state index >= 15 is 0 Å². The van der Waals surface area contributed by atoms with Gasteiger partial charge in [0.1, 0.15) is 15.9 Å². The van der Waals surface area contributed by atoms with E-state index in [1.165, 1.54) is 0 Å². The lowest BCUT2D eigenvalue weighted by molar-refractivity contribution is 0.210. The number of anilines is 3. The van der Waals surface area contributed by atoms with Crippen molar-refractivity contribution in [3.05, 3.63) is 10.0 Å². The molecule has 1 aliphatic rings. The lowest BCUT2D eigenvalue weighted by atomic mass is 10.3. The van der Waals surface area contributed by atoms with Gasteiger partial charge in [-0.25, -0.2) is 4.98 Å². The summed E-state index contributed by atoms with van der Waals surface area (Å²) in [6, 6.07) is 0. The lowest BCUT2D eigenvalue weighted by Crippen LogP contribution is -2.21. The molecule has 0 spiro atoms. The average Bonchev–Trinajstić information content (AvgIpc) is 2.93. The summed E-state index contributed by atoms with van der Waals surface area (Å²) in [4.78, 5) is 6.64. The Kier molecular flexibility index (Phi) is 4.96. The fourth-order valence-electron chi connectivity index (χ4n) is 2.08. The summed E-state index contributed by atoms with van der Waals surface area (Å²) in [5.41, 5.74) is 6.33. The van der Waals surface area contributed by atoms with Gasteiger partial charge >= 0.3 is 0 Å². The van der Waals surface area contributed by atoms with Gasteiger partial charge in [0.2, 0.25) is 0 Å². The van der Waals surface area contributed by atoms with Crippen molar-refractivity contribution in [2.75, 3.05) is 49.3 Å². The van der Waals surface area contributed by atoms with Crippen molar-refractivity contribution in [1.82, 2.24) is 4.98 Å². The van der Waals surface area contributed by atoms with Gasteiger partial charge in [-0.3, -0.25) is 0 Å². The molecule has 1 fully saturated rings. The molecule has 5 nitrogen and oxygen atoms in total. The van der Waals surface area contributed by atoms with Gasteiger partial charge in [0, 0.05) is 26.7 Å². The van der Waals surface area contributed by atoms with Crippen molar-refractivity contribution in [2.24, 2.45) is 0 Å². The largest absolute Gasteiger partial charge is 0.396 e. The summed E-state index contributed by atoms with van der Waals surface area (Å²) in [7, 11) is 1.64. The Bertz CT molecular complexity index is 450. The highest BCUT2D eigenvalue weighted by Crippen LogP contribution is 2.39. The van der Waals surface area contributed by atoms with Crippen molar-refractivity contribution in [3.63, 3.8) is 0 Å². The van der Waals surface area contributed by atoms with Crippen molar-refractivity contribution < 1.29 is 4.74 Å².